The maximum Gasteiger partial charge on any atom is 0.225 e. The van der Waals surface area contributed by atoms with Crippen LogP contribution in [0.4, 0.5) is 0 Å². The van der Waals surface area contributed by atoms with Crippen LogP contribution in [0.15, 0.2) is 18.2 Å². The Kier molecular flexibility index (Phi) is 4.63. The van der Waals surface area contributed by atoms with E-state index in [4.69, 9.17) is 10.5 Å². The van der Waals surface area contributed by atoms with E-state index in [9.17, 15) is 9.59 Å². The predicted molar refractivity (Wildman–Crippen MR) is 91.5 cm³/mol. The number of carbonyl (C=O) groups excluding carboxylic acids is 2. The van der Waals surface area contributed by atoms with Gasteiger partial charge < -0.3 is 15.8 Å². The molecule has 1 aromatic carbocycles. The molecule has 3 rings (SSSR count). The normalized spacial score (nSPS) is 25.1. The first-order valence-corrected chi connectivity index (χ1v) is 8.65. The second kappa shape index (κ2) is 6.55. The van der Waals surface area contributed by atoms with Gasteiger partial charge in [0.15, 0.2) is 0 Å². The molecule has 3 N–H and O–H groups in total. The molecule has 2 amide bonds. The summed E-state index contributed by atoms with van der Waals surface area (Å²) in [6, 6.07) is 6.41. The van der Waals surface area contributed by atoms with E-state index in [0.717, 1.165) is 6.42 Å². The van der Waals surface area contributed by atoms with E-state index in [2.05, 4.69) is 37.4 Å². The third-order valence-corrected chi connectivity index (χ3v) is 5.66. The predicted octanol–water partition coefficient (Wildman–Crippen LogP) is 1.81. The van der Waals surface area contributed by atoms with Crippen molar-refractivity contribution in [2.45, 2.75) is 39.0 Å². The van der Waals surface area contributed by atoms with Gasteiger partial charge in [-0.05, 0) is 55.7 Å². The molecule has 1 aliphatic carbocycles. The topological polar surface area (TPSA) is 81.4 Å². The van der Waals surface area contributed by atoms with Crippen molar-refractivity contribution in [3.8, 4) is 0 Å². The minimum Gasteiger partial charge on any atom is -0.381 e. The molecule has 0 aromatic heterocycles. The molecule has 0 spiro atoms. The van der Waals surface area contributed by atoms with Gasteiger partial charge in [-0.25, -0.2) is 0 Å². The van der Waals surface area contributed by atoms with E-state index in [1.165, 1.54) is 16.7 Å². The Labute approximate surface area is 142 Å². The lowest BCUT2D eigenvalue weighted by Gasteiger charge is -2.34. The lowest BCUT2D eigenvalue weighted by molar-refractivity contribution is -0.134. The summed E-state index contributed by atoms with van der Waals surface area (Å²) in [5.74, 6) is -0.00154. The summed E-state index contributed by atoms with van der Waals surface area (Å²) < 4.78 is 5.32. The van der Waals surface area contributed by atoms with Gasteiger partial charge in [-0.1, -0.05) is 18.2 Å². The van der Waals surface area contributed by atoms with E-state index >= 15 is 0 Å². The molecule has 1 saturated carbocycles. The van der Waals surface area contributed by atoms with E-state index in [0.29, 0.717) is 38.5 Å². The molecule has 0 bridgehead atoms. The minimum absolute atomic E-state index is 0.0110. The Morgan fingerprint density at radius 3 is 2.58 bits per heavy atom. The number of hydrogen-bond donors (Lipinski definition) is 2. The fraction of sp³-hybridized carbons (Fsp3) is 0.579. The Bertz CT molecular complexity index is 650. The van der Waals surface area contributed by atoms with E-state index < -0.39 is 5.41 Å². The fourth-order valence-electron chi connectivity index (χ4n) is 3.51. The number of amides is 2. The Balaban J connectivity index is 1.58. The molecule has 2 fully saturated rings. The lowest BCUT2D eigenvalue weighted by atomic mass is 9.79. The van der Waals surface area contributed by atoms with Crippen molar-refractivity contribution in [1.82, 2.24) is 5.32 Å². The first-order chi connectivity index (χ1) is 11.4. The van der Waals surface area contributed by atoms with Crippen LogP contribution in [0, 0.1) is 25.2 Å². The number of benzene rings is 1. The molecule has 130 valence electrons. The summed E-state index contributed by atoms with van der Waals surface area (Å²) in [7, 11) is 0. The molecule has 5 heteroatoms. The SMILES string of the molecule is Cc1ccc([C@H]2C[C@H]2C(=O)NCC2(C(N)=O)CCOCC2)cc1C. The highest BCUT2D eigenvalue weighted by Gasteiger charge is 2.45. The highest BCUT2D eigenvalue weighted by molar-refractivity contribution is 5.85. The summed E-state index contributed by atoms with van der Waals surface area (Å²) in [6.45, 7) is 5.55. The van der Waals surface area contributed by atoms with Crippen LogP contribution in [0.1, 0.15) is 41.9 Å². The summed E-state index contributed by atoms with van der Waals surface area (Å²) >= 11 is 0. The fourth-order valence-corrected chi connectivity index (χ4v) is 3.51. The molecule has 1 saturated heterocycles. The number of rotatable bonds is 5. The molecule has 24 heavy (non-hydrogen) atoms. The Hall–Kier alpha value is -1.88. The number of nitrogens with two attached hydrogens (primary N) is 1. The molecular formula is C19H26N2O3. The van der Waals surface area contributed by atoms with Gasteiger partial charge in [0.1, 0.15) is 0 Å². The van der Waals surface area contributed by atoms with Gasteiger partial charge in [0.05, 0.1) is 5.41 Å². The summed E-state index contributed by atoms with van der Waals surface area (Å²) in [4.78, 5) is 24.3. The van der Waals surface area contributed by atoms with Crippen LogP contribution in [0.25, 0.3) is 0 Å². The standard InChI is InChI=1S/C19H26N2O3/c1-12-3-4-14(9-13(12)2)15-10-16(15)17(22)21-11-19(18(20)23)5-7-24-8-6-19/h3-4,9,15-16H,5-8,10-11H2,1-2H3,(H2,20,23)(H,21,22)/t15-,16-/m1/s1. The number of ether oxygens (including phenoxy) is 1. The Morgan fingerprint density at radius 2 is 1.96 bits per heavy atom. The zero-order valence-electron chi connectivity index (χ0n) is 14.4. The number of carbonyl (C=O) groups is 2. The van der Waals surface area contributed by atoms with Crippen molar-refractivity contribution in [3.05, 3.63) is 34.9 Å². The molecule has 2 atom stereocenters. The van der Waals surface area contributed by atoms with E-state index in [1.807, 2.05) is 0 Å². The summed E-state index contributed by atoms with van der Waals surface area (Å²) in [5.41, 5.74) is 8.68. The maximum absolute atomic E-state index is 12.5. The monoisotopic (exact) mass is 330 g/mol. The van der Waals surface area contributed by atoms with E-state index in [1.54, 1.807) is 0 Å². The molecule has 0 radical (unpaired) electrons. The van der Waals surface area contributed by atoms with Crippen LogP contribution in [0.2, 0.25) is 0 Å². The second-order valence-electron chi connectivity index (χ2n) is 7.27. The van der Waals surface area contributed by atoms with Crippen LogP contribution in [0.3, 0.4) is 0 Å². The van der Waals surface area contributed by atoms with Crippen molar-refractivity contribution in [1.29, 1.82) is 0 Å². The minimum atomic E-state index is -0.654. The zero-order valence-corrected chi connectivity index (χ0v) is 14.4. The van der Waals surface area contributed by atoms with Gasteiger partial charge >= 0.3 is 0 Å². The van der Waals surface area contributed by atoms with Gasteiger partial charge in [-0.2, -0.15) is 0 Å². The lowest BCUT2D eigenvalue weighted by Crippen LogP contribution is -2.49. The van der Waals surface area contributed by atoms with Gasteiger partial charge in [0.25, 0.3) is 0 Å². The number of nitrogens with one attached hydrogen (secondary N) is 1. The molecule has 1 heterocycles. The number of hydrogen-bond acceptors (Lipinski definition) is 3. The number of aryl methyl sites for hydroxylation is 2. The van der Waals surface area contributed by atoms with Crippen LogP contribution >= 0.6 is 0 Å². The number of primary amides is 1. The smallest absolute Gasteiger partial charge is 0.225 e. The van der Waals surface area contributed by atoms with Gasteiger partial charge in [0, 0.05) is 25.7 Å². The molecular weight excluding hydrogens is 304 g/mol. The van der Waals surface area contributed by atoms with Crippen LogP contribution in [0.5, 0.6) is 0 Å². The van der Waals surface area contributed by atoms with Crippen molar-refractivity contribution < 1.29 is 14.3 Å². The van der Waals surface area contributed by atoms with Gasteiger partial charge in [0.2, 0.25) is 11.8 Å². The first-order valence-electron chi connectivity index (χ1n) is 8.65. The second-order valence-corrected chi connectivity index (χ2v) is 7.27. The summed E-state index contributed by atoms with van der Waals surface area (Å²) in [5, 5.41) is 2.97. The largest absolute Gasteiger partial charge is 0.381 e. The molecule has 2 aliphatic rings. The first kappa shape index (κ1) is 17.0. The molecule has 0 unspecified atom stereocenters. The molecule has 5 nitrogen and oxygen atoms in total. The molecule has 1 aliphatic heterocycles. The third-order valence-electron chi connectivity index (χ3n) is 5.66. The quantitative estimate of drug-likeness (QED) is 0.864. The van der Waals surface area contributed by atoms with Crippen LogP contribution in [-0.4, -0.2) is 31.6 Å². The molecule has 1 aromatic rings. The third kappa shape index (κ3) is 3.31. The van der Waals surface area contributed by atoms with Crippen LogP contribution < -0.4 is 11.1 Å². The van der Waals surface area contributed by atoms with Gasteiger partial charge in [-0.3, -0.25) is 9.59 Å². The maximum atomic E-state index is 12.5. The average molecular weight is 330 g/mol. The van der Waals surface area contributed by atoms with Gasteiger partial charge in [-0.15, -0.1) is 0 Å². The highest BCUT2D eigenvalue weighted by atomic mass is 16.5. The zero-order chi connectivity index (χ0) is 17.3. The van der Waals surface area contributed by atoms with E-state index in [-0.39, 0.29) is 17.7 Å². The van der Waals surface area contributed by atoms with Crippen molar-refractivity contribution >= 4 is 11.8 Å². The highest BCUT2D eigenvalue weighted by Crippen LogP contribution is 2.48. The summed E-state index contributed by atoms with van der Waals surface area (Å²) in [6.07, 6.45) is 2.03. The Morgan fingerprint density at radius 1 is 1.25 bits per heavy atom. The van der Waals surface area contributed by atoms with Crippen molar-refractivity contribution in [2.24, 2.45) is 17.1 Å². The van der Waals surface area contributed by atoms with Crippen molar-refractivity contribution in [2.75, 3.05) is 19.8 Å². The van der Waals surface area contributed by atoms with Crippen LogP contribution in [-0.2, 0) is 14.3 Å². The van der Waals surface area contributed by atoms with Crippen molar-refractivity contribution in [3.63, 3.8) is 0 Å². The average Bonchev–Trinajstić information content (AvgIpc) is 3.36.